The van der Waals surface area contributed by atoms with Gasteiger partial charge in [0.1, 0.15) is 0 Å². The Labute approximate surface area is 70.6 Å². The number of nitrogens with zero attached hydrogens (tertiary/aromatic N) is 1. The zero-order valence-electron chi connectivity index (χ0n) is 6.53. The summed E-state index contributed by atoms with van der Waals surface area (Å²) in [5.41, 5.74) is 0. The molecule has 1 aliphatic heterocycles. The van der Waals surface area contributed by atoms with Gasteiger partial charge in [0.25, 0.3) is 0 Å². The lowest BCUT2D eigenvalue weighted by atomic mass is 10.5. The van der Waals surface area contributed by atoms with E-state index in [1.165, 1.54) is 6.08 Å². The van der Waals surface area contributed by atoms with E-state index in [4.69, 9.17) is 5.11 Å². The minimum absolute atomic E-state index is 0.0619. The third-order valence-corrected chi connectivity index (χ3v) is 1.91. The van der Waals surface area contributed by atoms with E-state index in [2.05, 4.69) is 24.2 Å². The summed E-state index contributed by atoms with van der Waals surface area (Å²) in [5.74, 6) is 0.0619. The van der Waals surface area contributed by atoms with Gasteiger partial charge >= 0.3 is 0 Å². The first-order valence-electron chi connectivity index (χ1n) is 3.43. The molecule has 1 aliphatic rings. The predicted octanol–water partition coefficient (Wildman–Crippen LogP) is 1.65. The summed E-state index contributed by atoms with van der Waals surface area (Å²) in [5, 5.41) is 13.1. The first-order valence-corrected chi connectivity index (χ1v) is 4.31. The van der Waals surface area contributed by atoms with Gasteiger partial charge in [-0.15, -0.1) is 0 Å². The molecule has 0 bridgehead atoms. The van der Waals surface area contributed by atoms with Crippen molar-refractivity contribution in [2.24, 2.45) is 4.99 Å². The number of aliphatic imine (C=N–C) groups is 1. The molecule has 0 aliphatic carbocycles. The topological polar surface area (TPSA) is 44.6 Å². The summed E-state index contributed by atoms with van der Waals surface area (Å²) in [6.07, 6.45) is 1.52. The van der Waals surface area contributed by atoms with Gasteiger partial charge in [0.2, 0.25) is 5.88 Å². The highest BCUT2D eigenvalue weighted by molar-refractivity contribution is 8.14. The van der Waals surface area contributed by atoms with Crippen molar-refractivity contribution in [3.8, 4) is 0 Å². The van der Waals surface area contributed by atoms with Crippen molar-refractivity contribution in [2.75, 3.05) is 0 Å². The second-order valence-corrected chi connectivity index (χ2v) is 3.98. The molecule has 0 unspecified atom stereocenters. The van der Waals surface area contributed by atoms with Gasteiger partial charge in [0, 0.05) is 11.3 Å². The number of aliphatic hydroxyl groups is 1. The molecule has 1 radical (unpaired) electrons. The van der Waals surface area contributed by atoms with Crippen LogP contribution in [-0.2, 0) is 0 Å². The Bertz CT molecular complexity index is 199. The van der Waals surface area contributed by atoms with Crippen LogP contribution in [-0.4, -0.2) is 15.5 Å². The molecule has 61 valence electrons. The van der Waals surface area contributed by atoms with E-state index in [9.17, 15) is 0 Å². The predicted molar refractivity (Wildman–Crippen MR) is 48.3 cm³/mol. The van der Waals surface area contributed by atoms with Gasteiger partial charge in [0.05, 0.1) is 6.54 Å². The molecule has 2 N–H and O–H groups in total. The van der Waals surface area contributed by atoms with Gasteiger partial charge in [-0.2, -0.15) is 4.99 Å². The molecule has 4 heteroatoms. The van der Waals surface area contributed by atoms with Gasteiger partial charge in [-0.05, 0) is 0 Å². The number of aliphatic hydroxyl groups excluding tert-OH is 1. The fraction of sp³-hybridized carbons (Fsp3) is 0.429. The number of hydrogen-bond acceptors (Lipinski definition) is 4. The van der Waals surface area contributed by atoms with Gasteiger partial charge in [-0.1, -0.05) is 25.6 Å². The third kappa shape index (κ3) is 2.84. The lowest BCUT2D eigenvalue weighted by Crippen LogP contribution is -2.21. The van der Waals surface area contributed by atoms with Gasteiger partial charge < -0.3 is 10.4 Å². The maximum atomic E-state index is 8.98. The fourth-order valence-corrected chi connectivity index (χ4v) is 1.37. The largest absolute Gasteiger partial charge is 0.493 e. The highest BCUT2D eigenvalue weighted by Crippen LogP contribution is 2.14. The van der Waals surface area contributed by atoms with Crippen molar-refractivity contribution >= 4 is 16.9 Å². The van der Waals surface area contributed by atoms with Gasteiger partial charge in [-0.25, -0.2) is 0 Å². The average Bonchev–Trinajstić information content (AvgIpc) is 1.85. The lowest BCUT2D eigenvalue weighted by molar-refractivity contribution is 0.404. The second kappa shape index (κ2) is 3.67. The van der Waals surface area contributed by atoms with E-state index in [0.29, 0.717) is 5.25 Å². The standard InChI is InChI=1S/C7H11N2OS/c1-5(2)11-7-8-4-3-6(10)9-7/h3-5,10H,1-2H3,(H,8,9). The summed E-state index contributed by atoms with van der Waals surface area (Å²) in [4.78, 5) is 3.88. The van der Waals surface area contributed by atoms with Crippen LogP contribution in [0.25, 0.3) is 0 Å². The Balaban J connectivity index is 2.51. The molecular weight excluding hydrogens is 160 g/mol. The maximum absolute atomic E-state index is 8.98. The molecule has 0 fully saturated rings. The Morgan fingerprint density at radius 1 is 1.64 bits per heavy atom. The molecule has 0 saturated heterocycles. The zero-order valence-corrected chi connectivity index (χ0v) is 7.35. The number of nitrogens with one attached hydrogen (secondary N) is 1. The number of rotatable bonds is 1. The molecule has 0 saturated carbocycles. The normalized spacial score (nSPS) is 17.4. The summed E-state index contributed by atoms with van der Waals surface area (Å²) < 4.78 is 0. The molecule has 0 aromatic carbocycles. The van der Waals surface area contributed by atoms with Crippen LogP contribution >= 0.6 is 11.8 Å². The molecule has 3 nitrogen and oxygen atoms in total. The third-order valence-electron chi connectivity index (χ3n) is 1.00. The number of amidine groups is 1. The van der Waals surface area contributed by atoms with E-state index < -0.39 is 0 Å². The van der Waals surface area contributed by atoms with Gasteiger partial charge in [0.15, 0.2) is 5.17 Å². The number of hydrogen-bond donors (Lipinski definition) is 2. The molecule has 0 aromatic rings. The molecule has 0 aromatic heterocycles. The van der Waals surface area contributed by atoms with Crippen molar-refractivity contribution in [3.63, 3.8) is 0 Å². The van der Waals surface area contributed by atoms with Crippen molar-refractivity contribution < 1.29 is 5.11 Å². The van der Waals surface area contributed by atoms with Crippen LogP contribution in [0.5, 0.6) is 0 Å². The SMILES string of the molecule is CC(C)SC1=NC(O)=C[CH]N1. The highest BCUT2D eigenvalue weighted by Gasteiger charge is 2.07. The summed E-state index contributed by atoms with van der Waals surface area (Å²) >= 11 is 1.59. The van der Waals surface area contributed by atoms with Gasteiger partial charge in [-0.3, -0.25) is 0 Å². The zero-order chi connectivity index (χ0) is 8.27. The van der Waals surface area contributed by atoms with E-state index in [1.54, 1.807) is 18.3 Å². The maximum Gasteiger partial charge on any atom is 0.211 e. The van der Waals surface area contributed by atoms with E-state index in [1.807, 2.05) is 0 Å². The van der Waals surface area contributed by atoms with Crippen LogP contribution in [0.1, 0.15) is 13.8 Å². The Hall–Kier alpha value is -0.640. The van der Waals surface area contributed by atoms with Crippen LogP contribution < -0.4 is 5.32 Å². The fourth-order valence-electron chi connectivity index (χ4n) is 0.645. The van der Waals surface area contributed by atoms with E-state index >= 15 is 0 Å². The molecule has 11 heavy (non-hydrogen) atoms. The Morgan fingerprint density at radius 3 is 2.91 bits per heavy atom. The average molecular weight is 171 g/mol. The van der Waals surface area contributed by atoms with Crippen molar-refractivity contribution in [2.45, 2.75) is 19.1 Å². The molecule has 0 atom stereocenters. The molecule has 0 amide bonds. The molecule has 1 heterocycles. The quantitative estimate of drug-likeness (QED) is 0.630. The Kier molecular flexibility index (Phi) is 2.82. The van der Waals surface area contributed by atoms with Crippen LogP contribution in [0.15, 0.2) is 17.0 Å². The highest BCUT2D eigenvalue weighted by atomic mass is 32.2. The van der Waals surface area contributed by atoms with Crippen molar-refractivity contribution in [1.29, 1.82) is 0 Å². The van der Waals surface area contributed by atoms with E-state index in [0.717, 1.165) is 5.17 Å². The van der Waals surface area contributed by atoms with E-state index in [-0.39, 0.29) is 5.88 Å². The van der Waals surface area contributed by atoms with Crippen molar-refractivity contribution in [1.82, 2.24) is 5.32 Å². The molecule has 0 spiro atoms. The first-order chi connectivity index (χ1) is 5.18. The first kappa shape index (κ1) is 8.46. The summed E-state index contributed by atoms with van der Waals surface area (Å²) in [6.45, 7) is 5.82. The molecule has 1 rings (SSSR count). The van der Waals surface area contributed by atoms with Crippen LogP contribution in [0.2, 0.25) is 0 Å². The number of thioether (sulfide) groups is 1. The Morgan fingerprint density at radius 2 is 2.36 bits per heavy atom. The summed E-state index contributed by atoms with van der Waals surface area (Å²) in [6, 6.07) is 0. The minimum atomic E-state index is 0.0619. The molecular formula is C7H11N2OS. The monoisotopic (exact) mass is 171 g/mol. The smallest absolute Gasteiger partial charge is 0.211 e. The lowest BCUT2D eigenvalue weighted by Gasteiger charge is -2.12. The summed E-state index contributed by atoms with van der Waals surface area (Å²) in [7, 11) is 0. The van der Waals surface area contributed by atoms with Crippen molar-refractivity contribution in [3.05, 3.63) is 18.5 Å². The second-order valence-electron chi connectivity index (χ2n) is 2.42. The van der Waals surface area contributed by atoms with Crippen LogP contribution in [0.3, 0.4) is 0 Å². The van der Waals surface area contributed by atoms with Crippen LogP contribution in [0, 0.1) is 6.54 Å². The van der Waals surface area contributed by atoms with Crippen LogP contribution in [0.4, 0.5) is 0 Å². The minimum Gasteiger partial charge on any atom is -0.493 e.